The summed E-state index contributed by atoms with van der Waals surface area (Å²) in [5, 5.41) is 9.82. The number of carbonyl (C=O) groups excluding carboxylic acids is 1. The summed E-state index contributed by atoms with van der Waals surface area (Å²) in [5.41, 5.74) is 0.599. The van der Waals surface area contributed by atoms with Crippen molar-refractivity contribution in [3.63, 3.8) is 0 Å². The van der Waals surface area contributed by atoms with E-state index in [4.69, 9.17) is 28.5 Å². The zero-order valence-corrected chi connectivity index (χ0v) is 13.1. The number of carbonyl (C=O) groups is 1. The van der Waals surface area contributed by atoms with Gasteiger partial charge in [0.25, 0.3) is 5.91 Å². The second kappa shape index (κ2) is 4.87. The van der Waals surface area contributed by atoms with E-state index in [2.05, 4.69) is 4.99 Å². The van der Waals surface area contributed by atoms with Crippen molar-refractivity contribution in [3.8, 4) is 6.19 Å². The smallest absolute Gasteiger partial charge is 0.257 e. The van der Waals surface area contributed by atoms with Crippen LogP contribution in [0.4, 0.5) is 5.69 Å². The fraction of sp³-hybridized carbons (Fsp3) is 0.400. The van der Waals surface area contributed by atoms with Gasteiger partial charge in [0.15, 0.2) is 0 Å². The summed E-state index contributed by atoms with van der Waals surface area (Å²) in [7, 11) is 0. The molecule has 1 aromatic rings. The molecule has 2 saturated heterocycles. The summed E-state index contributed by atoms with van der Waals surface area (Å²) in [6, 6.07) is 5.12. The van der Waals surface area contributed by atoms with E-state index in [-0.39, 0.29) is 11.9 Å². The minimum atomic E-state index is -0.194. The number of aliphatic imine (C=N–C) groups is 1. The fourth-order valence-electron chi connectivity index (χ4n) is 3.96. The van der Waals surface area contributed by atoms with Gasteiger partial charge in [-0.2, -0.15) is 5.26 Å². The first kappa shape index (κ1) is 13.9. The van der Waals surface area contributed by atoms with Gasteiger partial charge in [0, 0.05) is 6.04 Å². The van der Waals surface area contributed by atoms with Crippen molar-refractivity contribution in [2.75, 3.05) is 4.90 Å². The van der Waals surface area contributed by atoms with Gasteiger partial charge in [0.05, 0.1) is 15.7 Å². The van der Waals surface area contributed by atoms with Gasteiger partial charge in [-0.1, -0.05) is 23.2 Å². The molecule has 0 N–H and O–H groups in total. The molecule has 5 nitrogen and oxygen atoms in total. The van der Waals surface area contributed by atoms with Crippen molar-refractivity contribution in [2.45, 2.75) is 31.3 Å². The van der Waals surface area contributed by atoms with Crippen LogP contribution >= 0.6 is 23.2 Å². The highest BCUT2D eigenvalue weighted by molar-refractivity contribution is 6.42. The number of fused-ring (bicyclic) bond motifs is 5. The molecule has 1 amide bonds. The number of hydrogen-bond acceptors (Lipinski definition) is 3. The van der Waals surface area contributed by atoms with E-state index in [9.17, 15) is 4.79 Å². The Hall–Kier alpha value is -1.77. The maximum absolute atomic E-state index is 12.9. The third-order valence-electron chi connectivity index (χ3n) is 4.80. The molecule has 112 valence electrons. The standard InChI is InChI=1S/C15H12Cl2N4O/c16-11-4-3-10(6-12(11)17)21-14(22)13-8-1-2-9(5-8)20(13)15(21)19-7-18/h3-4,6,8-9,13H,1-2,5H2/t8-,9+,13+/m1/s1. The molecule has 7 heteroatoms. The Kier molecular flexibility index (Phi) is 3.07. The van der Waals surface area contributed by atoms with Crippen molar-refractivity contribution < 1.29 is 4.79 Å². The van der Waals surface area contributed by atoms with Gasteiger partial charge in [0.2, 0.25) is 12.2 Å². The summed E-state index contributed by atoms with van der Waals surface area (Å²) in [6.07, 6.45) is 4.94. The van der Waals surface area contributed by atoms with Crippen LogP contribution in [-0.4, -0.2) is 28.9 Å². The third-order valence-corrected chi connectivity index (χ3v) is 5.54. The highest BCUT2D eigenvalue weighted by Gasteiger charge is 2.58. The lowest BCUT2D eigenvalue weighted by atomic mass is 9.99. The van der Waals surface area contributed by atoms with Gasteiger partial charge < -0.3 is 4.90 Å². The number of guanidine groups is 1. The molecule has 2 bridgehead atoms. The molecule has 1 aromatic carbocycles. The Morgan fingerprint density at radius 2 is 2.09 bits per heavy atom. The van der Waals surface area contributed by atoms with Crippen LogP contribution in [0.25, 0.3) is 0 Å². The van der Waals surface area contributed by atoms with E-state index in [1.165, 1.54) is 4.90 Å². The molecule has 1 aliphatic carbocycles. The first-order valence-corrected chi connectivity index (χ1v) is 7.91. The normalized spacial score (nSPS) is 31.0. The molecule has 3 fully saturated rings. The molecule has 0 spiro atoms. The molecule has 1 saturated carbocycles. The molecular weight excluding hydrogens is 323 g/mol. The molecule has 3 atom stereocenters. The lowest BCUT2D eigenvalue weighted by Gasteiger charge is -2.28. The fourth-order valence-corrected chi connectivity index (χ4v) is 4.25. The first-order chi connectivity index (χ1) is 10.6. The Morgan fingerprint density at radius 1 is 1.27 bits per heavy atom. The van der Waals surface area contributed by atoms with Crippen LogP contribution < -0.4 is 4.90 Å². The van der Waals surface area contributed by atoms with Crippen molar-refractivity contribution in [3.05, 3.63) is 28.2 Å². The molecule has 2 heterocycles. The lowest BCUT2D eigenvalue weighted by Crippen LogP contribution is -2.41. The van der Waals surface area contributed by atoms with Gasteiger partial charge in [-0.25, -0.2) is 4.90 Å². The first-order valence-electron chi connectivity index (χ1n) is 7.16. The Bertz CT molecular complexity index is 742. The summed E-state index contributed by atoms with van der Waals surface area (Å²) in [6.45, 7) is 0. The van der Waals surface area contributed by atoms with Gasteiger partial charge in [0.1, 0.15) is 6.04 Å². The van der Waals surface area contributed by atoms with Crippen LogP contribution in [0.15, 0.2) is 23.2 Å². The van der Waals surface area contributed by atoms with E-state index in [0.29, 0.717) is 33.7 Å². The maximum atomic E-state index is 12.9. The second-order valence-corrected chi connectivity index (χ2v) is 6.68. The number of anilines is 1. The Labute approximate surface area is 137 Å². The molecule has 0 radical (unpaired) electrons. The molecule has 3 aliphatic rings. The van der Waals surface area contributed by atoms with Crippen LogP contribution in [0, 0.1) is 17.4 Å². The third kappa shape index (κ3) is 1.77. The predicted octanol–water partition coefficient (Wildman–Crippen LogP) is 3.03. The van der Waals surface area contributed by atoms with E-state index in [1.807, 2.05) is 11.1 Å². The number of piperidine rings is 1. The van der Waals surface area contributed by atoms with Gasteiger partial charge in [-0.3, -0.25) is 4.79 Å². The monoisotopic (exact) mass is 334 g/mol. The minimum absolute atomic E-state index is 0.0282. The molecule has 4 rings (SSSR count). The Morgan fingerprint density at radius 3 is 2.82 bits per heavy atom. The predicted molar refractivity (Wildman–Crippen MR) is 83.8 cm³/mol. The van der Waals surface area contributed by atoms with Crippen LogP contribution in [0.2, 0.25) is 10.0 Å². The largest absolute Gasteiger partial charge is 0.326 e. The topological polar surface area (TPSA) is 59.7 Å². The van der Waals surface area contributed by atoms with Crippen molar-refractivity contribution in [1.29, 1.82) is 5.26 Å². The lowest BCUT2D eigenvalue weighted by molar-refractivity contribution is -0.120. The maximum Gasteiger partial charge on any atom is 0.257 e. The summed E-state index contributed by atoms with van der Waals surface area (Å²) in [4.78, 5) is 20.3. The molecular formula is C15H12Cl2N4O. The van der Waals surface area contributed by atoms with Gasteiger partial charge in [-0.15, -0.1) is 4.99 Å². The van der Waals surface area contributed by atoms with Gasteiger partial charge >= 0.3 is 0 Å². The molecule has 2 aliphatic heterocycles. The van der Waals surface area contributed by atoms with Gasteiger partial charge in [-0.05, 0) is 43.4 Å². The van der Waals surface area contributed by atoms with Crippen LogP contribution in [0.1, 0.15) is 19.3 Å². The molecule has 22 heavy (non-hydrogen) atoms. The number of hydrogen-bond donors (Lipinski definition) is 0. The van der Waals surface area contributed by atoms with Crippen molar-refractivity contribution in [1.82, 2.24) is 4.90 Å². The van der Waals surface area contributed by atoms with E-state index >= 15 is 0 Å². The zero-order chi connectivity index (χ0) is 15.4. The average molecular weight is 335 g/mol. The Balaban J connectivity index is 1.81. The van der Waals surface area contributed by atoms with Crippen LogP contribution in [0.3, 0.4) is 0 Å². The van der Waals surface area contributed by atoms with E-state index < -0.39 is 0 Å². The number of amides is 1. The van der Waals surface area contributed by atoms with Crippen LogP contribution in [-0.2, 0) is 4.79 Å². The zero-order valence-electron chi connectivity index (χ0n) is 11.5. The number of nitriles is 1. The van der Waals surface area contributed by atoms with Crippen molar-refractivity contribution >= 4 is 40.8 Å². The quantitative estimate of drug-likeness (QED) is 0.741. The highest BCUT2D eigenvalue weighted by atomic mass is 35.5. The summed E-state index contributed by atoms with van der Waals surface area (Å²) < 4.78 is 0. The minimum Gasteiger partial charge on any atom is -0.326 e. The second-order valence-electron chi connectivity index (χ2n) is 5.86. The highest BCUT2D eigenvalue weighted by Crippen LogP contribution is 2.47. The SMILES string of the molecule is N#CN=C1N(c2ccc(Cl)c(Cl)c2)C(=O)[C@@H]2[C@@H]3CC[C@@H](C3)N12. The van der Waals surface area contributed by atoms with E-state index in [1.54, 1.807) is 18.2 Å². The molecule has 0 unspecified atom stereocenters. The number of benzene rings is 1. The average Bonchev–Trinajstić information content (AvgIpc) is 3.16. The number of halogens is 2. The number of rotatable bonds is 1. The number of nitrogens with zero attached hydrogens (tertiary/aromatic N) is 4. The van der Waals surface area contributed by atoms with E-state index in [0.717, 1.165) is 19.3 Å². The van der Waals surface area contributed by atoms with Crippen LogP contribution in [0.5, 0.6) is 0 Å². The summed E-state index contributed by atoms with van der Waals surface area (Å²) >= 11 is 12.0. The molecule has 0 aromatic heterocycles. The summed E-state index contributed by atoms with van der Waals surface area (Å²) in [5.74, 6) is 0.747. The van der Waals surface area contributed by atoms with Crippen molar-refractivity contribution in [2.24, 2.45) is 10.9 Å².